The molecule has 0 aromatic heterocycles. The summed E-state index contributed by atoms with van der Waals surface area (Å²) >= 11 is 0. The van der Waals surface area contributed by atoms with Gasteiger partial charge in [0.15, 0.2) is 5.96 Å². The first-order valence-corrected chi connectivity index (χ1v) is 9.76. The molecule has 0 atom stereocenters. The number of nitrogens with one attached hydrogen (secondary N) is 2. The van der Waals surface area contributed by atoms with E-state index in [1.54, 1.807) is 4.90 Å². The average Bonchev–Trinajstić information content (AvgIpc) is 2.67. The number of carbonyl (C=O) groups is 1. The fourth-order valence-electron chi connectivity index (χ4n) is 3.00. The Labute approximate surface area is 162 Å². The van der Waals surface area contributed by atoms with E-state index < -0.39 is 0 Å². The smallest absolute Gasteiger partial charge is 0.409 e. The molecule has 1 aromatic carbocycles. The van der Waals surface area contributed by atoms with Crippen molar-refractivity contribution < 1.29 is 9.53 Å². The van der Waals surface area contributed by atoms with E-state index in [1.807, 2.05) is 21.0 Å². The second-order valence-corrected chi connectivity index (χ2v) is 6.86. The fraction of sp³-hybridized carbons (Fsp3) is 0.600. The molecule has 0 saturated carbocycles. The van der Waals surface area contributed by atoms with Crippen molar-refractivity contribution in [3.05, 3.63) is 29.8 Å². The van der Waals surface area contributed by atoms with Gasteiger partial charge in [-0.2, -0.15) is 0 Å². The molecule has 1 saturated heterocycles. The maximum atomic E-state index is 11.8. The van der Waals surface area contributed by atoms with Crippen LogP contribution in [0.15, 0.2) is 29.3 Å². The number of aliphatic imine (C=N–C) groups is 1. The van der Waals surface area contributed by atoms with Crippen molar-refractivity contribution in [2.45, 2.75) is 39.3 Å². The Balaban J connectivity index is 1.87. The van der Waals surface area contributed by atoms with Crippen LogP contribution in [0.4, 0.5) is 10.5 Å². The lowest BCUT2D eigenvalue weighted by Crippen LogP contribution is -2.49. The third-order valence-corrected chi connectivity index (χ3v) is 4.58. The zero-order chi connectivity index (χ0) is 19.6. The largest absolute Gasteiger partial charge is 0.450 e. The molecule has 1 aromatic rings. The fourth-order valence-corrected chi connectivity index (χ4v) is 3.00. The number of carbonyl (C=O) groups excluding carboxylic acids is 1. The van der Waals surface area contributed by atoms with E-state index in [1.165, 1.54) is 11.3 Å². The molecule has 1 amide bonds. The lowest BCUT2D eigenvalue weighted by molar-refractivity contribution is 0.0963. The van der Waals surface area contributed by atoms with Crippen molar-refractivity contribution in [2.75, 3.05) is 45.2 Å². The molecule has 1 aliphatic rings. The molecule has 0 unspecified atom stereocenters. The van der Waals surface area contributed by atoms with E-state index in [2.05, 4.69) is 46.7 Å². The Morgan fingerprint density at radius 1 is 1.22 bits per heavy atom. The van der Waals surface area contributed by atoms with Crippen LogP contribution in [0.5, 0.6) is 0 Å². The van der Waals surface area contributed by atoms with Gasteiger partial charge in [0, 0.05) is 45.5 Å². The molecule has 0 bridgehead atoms. The van der Waals surface area contributed by atoms with Gasteiger partial charge in [0.05, 0.1) is 13.2 Å². The van der Waals surface area contributed by atoms with E-state index >= 15 is 0 Å². The number of hydrogen-bond acceptors (Lipinski definition) is 4. The molecule has 0 radical (unpaired) electrons. The Morgan fingerprint density at radius 2 is 1.89 bits per heavy atom. The number of nitrogens with zero attached hydrogens (tertiary/aromatic N) is 3. The van der Waals surface area contributed by atoms with Crippen molar-refractivity contribution in [2.24, 2.45) is 4.99 Å². The summed E-state index contributed by atoms with van der Waals surface area (Å²) in [6.07, 6.45) is 1.57. The lowest BCUT2D eigenvalue weighted by Gasteiger charge is -2.32. The zero-order valence-corrected chi connectivity index (χ0v) is 17.0. The number of piperidine rings is 1. The predicted octanol–water partition coefficient (Wildman–Crippen LogP) is 2.43. The van der Waals surface area contributed by atoms with Crippen LogP contribution in [0.2, 0.25) is 0 Å². The molecule has 1 aliphatic heterocycles. The van der Waals surface area contributed by atoms with Crippen LogP contribution in [0, 0.1) is 0 Å². The number of benzene rings is 1. The van der Waals surface area contributed by atoms with Crippen LogP contribution in [0.3, 0.4) is 0 Å². The SMILES string of the molecule is CCNC(=NCc1ccc(N(C)C)cc1)NC1CCN(C(=O)OCC)CC1. The van der Waals surface area contributed by atoms with Gasteiger partial charge in [-0.3, -0.25) is 0 Å². The Morgan fingerprint density at radius 3 is 2.44 bits per heavy atom. The minimum atomic E-state index is -0.210. The molecule has 150 valence electrons. The summed E-state index contributed by atoms with van der Waals surface area (Å²) in [6, 6.07) is 8.75. The molecule has 7 nitrogen and oxygen atoms in total. The average molecular weight is 376 g/mol. The highest BCUT2D eigenvalue weighted by Gasteiger charge is 2.23. The first kappa shape index (κ1) is 20.9. The molecule has 1 heterocycles. The number of amides is 1. The molecule has 0 spiro atoms. The number of likely N-dealkylation sites (tertiary alicyclic amines) is 1. The third-order valence-electron chi connectivity index (χ3n) is 4.58. The number of guanidine groups is 1. The Hall–Kier alpha value is -2.44. The summed E-state index contributed by atoms with van der Waals surface area (Å²) in [5.74, 6) is 0.823. The zero-order valence-electron chi connectivity index (χ0n) is 17.0. The van der Waals surface area contributed by atoms with E-state index in [-0.39, 0.29) is 6.09 Å². The van der Waals surface area contributed by atoms with Gasteiger partial charge in [0.2, 0.25) is 0 Å². The number of rotatable bonds is 6. The van der Waals surface area contributed by atoms with Gasteiger partial charge in [-0.05, 0) is 44.4 Å². The van der Waals surface area contributed by atoms with Gasteiger partial charge in [-0.1, -0.05) is 12.1 Å². The summed E-state index contributed by atoms with van der Waals surface area (Å²) in [5, 5.41) is 6.81. The van der Waals surface area contributed by atoms with Crippen molar-refractivity contribution in [3.8, 4) is 0 Å². The first-order chi connectivity index (χ1) is 13.0. The van der Waals surface area contributed by atoms with Gasteiger partial charge >= 0.3 is 6.09 Å². The van der Waals surface area contributed by atoms with E-state index in [9.17, 15) is 4.79 Å². The summed E-state index contributed by atoms with van der Waals surface area (Å²) < 4.78 is 5.07. The van der Waals surface area contributed by atoms with Crippen LogP contribution >= 0.6 is 0 Å². The Kier molecular flexibility index (Phi) is 8.23. The number of anilines is 1. The minimum absolute atomic E-state index is 0.210. The highest BCUT2D eigenvalue weighted by molar-refractivity contribution is 5.80. The molecule has 7 heteroatoms. The maximum Gasteiger partial charge on any atom is 0.409 e. The van der Waals surface area contributed by atoms with Crippen molar-refractivity contribution in [3.63, 3.8) is 0 Å². The second kappa shape index (κ2) is 10.6. The van der Waals surface area contributed by atoms with E-state index in [4.69, 9.17) is 9.73 Å². The number of hydrogen-bond donors (Lipinski definition) is 2. The van der Waals surface area contributed by atoms with Crippen LogP contribution in [0.1, 0.15) is 32.3 Å². The molecule has 0 aliphatic carbocycles. The topological polar surface area (TPSA) is 69.2 Å². The van der Waals surface area contributed by atoms with Gasteiger partial charge in [0.25, 0.3) is 0 Å². The minimum Gasteiger partial charge on any atom is -0.450 e. The quantitative estimate of drug-likeness (QED) is 0.590. The molecule has 1 fully saturated rings. The molecule has 2 N–H and O–H groups in total. The molecular formula is C20H33N5O2. The van der Waals surface area contributed by atoms with Gasteiger partial charge < -0.3 is 25.2 Å². The molecule has 2 rings (SSSR count). The monoisotopic (exact) mass is 375 g/mol. The summed E-state index contributed by atoms with van der Waals surface area (Å²) in [6.45, 7) is 7.18. The maximum absolute atomic E-state index is 11.8. The van der Waals surface area contributed by atoms with Crippen LogP contribution in [0.25, 0.3) is 0 Å². The highest BCUT2D eigenvalue weighted by Crippen LogP contribution is 2.14. The van der Waals surface area contributed by atoms with Crippen LogP contribution < -0.4 is 15.5 Å². The van der Waals surface area contributed by atoms with E-state index in [0.29, 0.717) is 32.3 Å². The second-order valence-electron chi connectivity index (χ2n) is 6.86. The van der Waals surface area contributed by atoms with Crippen molar-refractivity contribution in [1.82, 2.24) is 15.5 Å². The normalized spacial score (nSPS) is 15.4. The summed E-state index contributed by atoms with van der Waals surface area (Å²) in [5.41, 5.74) is 2.36. The van der Waals surface area contributed by atoms with Crippen LogP contribution in [-0.2, 0) is 11.3 Å². The van der Waals surface area contributed by atoms with Crippen LogP contribution in [-0.4, -0.2) is 63.3 Å². The summed E-state index contributed by atoms with van der Waals surface area (Å²) in [7, 11) is 4.07. The van der Waals surface area contributed by atoms with Crippen molar-refractivity contribution >= 4 is 17.7 Å². The third kappa shape index (κ3) is 6.66. The highest BCUT2D eigenvalue weighted by atomic mass is 16.6. The molecular weight excluding hydrogens is 342 g/mol. The first-order valence-electron chi connectivity index (χ1n) is 9.76. The van der Waals surface area contributed by atoms with Crippen molar-refractivity contribution in [1.29, 1.82) is 0 Å². The van der Waals surface area contributed by atoms with Gasteiger partial charge in [0.1, 0.15) is 0 Å². The van der Waals surface area contributed by atoms with Gasteiger partial charge in [-0.15, -0.1) is 0 Å². The Bertz CT molecular complexity index is 607. The lowest BCUT2D eigenvalue weighted by atomic mass is 10.1. The van der Waals surface area contributed by atoms with E-state index in [0.717, 1.165) is 25.3 Å². The summed E-state index contributed by atoms with van der Waals surface area (Å²) in [4.78, 5) is 20.4. The number of ether oxygens (including phenoxy) is 1. The molecule has 27 heavy (non-hydrogen) atoms. The van der Waals surface area contributed by atoms with Gasteiger partial charge in [-0.25, -0.2) is 9.79 Å². The standard InChI is InChI=1S/C20H33N5O2/c1-5-21-19(22-15-16-7-9-18(10-8-16)24(3)4)23-17-11-13-25(14-12-17)20(26)27-6-2/h7-10,17H,5-6,11-15H2,1-4H3,(H2,21,22,23). The predicted molar refractivity (Wildman–Crippen MR) is 110 cm³/mol.